The highest BCUT2D eigenvalue weighted by Crippen LogP contribution is 2.37. The molecule has 39 heavy (non-hydrogen) atoms. The van der Waals surface area contributed by atoms with Crippen molar-refractivity contribution < 1.29 is 32.6 Å². The van der Waals surface area contributed by atoms with Gasteiger partial charge in [-0.15, -0.1) is 0 Å². The first kappa shape index (κ1) is 28.8. The van der Waals surface area contributed by atoms with Gasteiger partial charge in [-0.1, -0.05) is 11.6 Å². The molecular formula is C25H24ClFN4O6S2. The number of fused-ring (bicyclic) bond motifs is 1. The van der Waals surface area contributed by atoms with E-state index in [4.69, 9.17) is 21.4 Å². The lowest BCUT2D eigenvalue weighted by atomic mass is 10.1. The molecule has 14 heteroatoms. The zero-order valence-electron chi connectivity index (χ0n) is 20.4. The molecule has 0 saturated carbocycles. The number of nitrogens with one attached hydrogen (secondary N) is 2. The van der Waals surface area contributed by atoms with Crippen molar-refractivity contribution >= 4 is 65.1 Å². The minimum atomic E-state index is -3.28. The Kier molecular flexibility index (Phi) is 9.14. The first-order chi connectivity index (χ1) is 18.6. The molecule has 1 amide bonds. The third-order valence-electron chi connectivity index (χ3n) is 5.98. The number of benzene rings is 2. The van der Waals surface area contributed by atoms with Crippen LogP contribution in [0.4, 0.5) is 21.5 Å². The van der Waals surface area contributed by atoms with Crippen molar-refractivity contribution in [1.29, 1.82) is 5.26 Å². The lowest BCUT2D eigenvalue weighted by Gasteiger charge is -2.18. The number of hydrogen-bond acceptors (Lipinski definition) is 10. The van der Waals surface area contributed by atoms with Crippen LogP contribution in [0.15, 0.2) is 36.5 Å². The van der Waals surface area contributed by atoms with E-state index in [0.717, 1.165) is 10.8 Å². The fourth-order valence-electron chi connectivity index (χ4n) is 3.94. The molecule has 2 heterocycles. The van der Waals surface area contributed by atoms with Gasteiger partial charge in [-0.2, -0.15) is 5.26 Å². The van der Waals surface area contributed by atoms with Crippen LogP contribution in [0, 0.1) is 17.1 Å². The Morgan fingerprint density at radius 1 is 1.36 bits per heavy atom. The predicted molar refractivity (Wildman–Crippen MR) is 147 cm³/mol. The summed E-state index contributed by atoms with van der Waals surface area (Å²) in [5, 5.41) is 34.1. The first-order valence-corrected chi connectivity index (χ1v) is 15.2. The minimum Gasteiger partial charge on any atom is -0.489 e. The molecule has 1 fully saturated rings. The van der Waals surface area contributed by atoms with E-state index in [-0.39, 0.29) is 41.5 Å². The van der Waals surface area contributed by atoms with Gasteiger partial charge in [0.05, 0.1) is 39.3 Å². The van der Waals surface area contributed by atoms with Crippen LogP contribution in [0.2, 0.25) is 5.02 Å². The Bertz CT molecular complexity index is 1550. The maximum Gasteiger partial charge on any atom is 0.224 e. The third kappa shape index (κ3) is 6.90. The first-order valence-electron chi connectivity index (χ1n) is 11.8. The molecule has 1 aromatic heterocycles. The number of amides is 1. The number of pyridine rings is 1. The summed E-state index contributed by atoms with van der Waals surface area (Å²) in [6, 6.07) is 9.04. The molecule has 3 aromatic rings. The van der Waals surface area contributed by atoms with Crippen molar-refractivity contribution in [3.63, 3.8) is 0 Å². The van der Waals surface area contributed by atoms with Crippen LogP contribution in [0.1, 0.15) is 24.8 Å². The smallest absolute Gasteiger partial charge is 0.224 e. The van der Waals surface area contributed by atoms with Crippen molar-refractivity contribution in [2.75, 3.05) is 29.6 Å². The number of aliphatic hydroxyl groups is 2. The summed E-state index contributed by atoms with van der Waals surface area (Å²) in [5.74, 6) is -0.435. The van der Waals surface area contributed by atoms with Crippen LogP contribution in [0.5, 0.6) is 5.75 Å². The van der Waals surface area contributed by atoms with E-state index >= 15 is 0 Å². The summed E-state index contributed by atoms with van der Waals surface area (Å²) in [6.07, 6.45) is 0.738. The summed E-state index contributed by atoms with van der Waals surface area (Å²) < 4.78 is 43.5. The molecule has 2 aromatic carbocycles. The number of hydrogen-bond donors (Lipinski definition) is 4. The maximum atomic E-state index is 13.7. The number of aliphatic hydroxyl groups excluding tert-OH is 2. The van der Waals surface area contributed by atoms with Crippen LogP contribution in [-0.4, -0.2) is 59.8 Å². The topological polar surface area (TPSA) is 162 Å². The number of nitriles is 1. The summed E-state index contributed by atoms with van der Waals surface area (Å²) in [4.78, 5) is 17.1. The quantitative estimate of drug-likeness (QED) is 0.253. The molecule has 1 saturated heterocycles. The van der Waals surface area contributed by atoms with E-state index in [9.17, 15) is 28.0 Å². The summed E-state index contributed by atoms with van der Waals surface area (Å²) in [6.45, 7) is -0.820. The number of ether oxygens (including phenoxy) is 1. The Morgan fingerprint density at radius 2 is 2.15 bits per heavy atom. The zero-order valence-corrected chi connectivity index (χ0v) is 22.7. The summed E-state index contributed by atoms with van der Waals surface area (Å²) in [7, 11) is -2.39. The molecule has 206 valence electrons. The summed E-state index contributed by atoms with van der Waals surface area (Å²) >= 11 is 5.91. The molecule has 2 atom stereocenters. The molecule has 0 spiro atoms. The molecule has 4 rings (SSSR count). The van der Waals surface area contributed by atoms with Gasteiger partial charge in [-0.3, -0.25) is 9.78 Å². The van der Waals surface area contributed by atoms with Crippen molar-refractivity contribution in [1.82, 2.24) is 4.98 Å². The van der Waals surface area contributed by atoms with E-state index in [1.165, 1.54) is 36.5 Å². The Hall–Kier alpha value is -3.15. The Labute approximate surface area is 232 Å². The van der Waals surface area contributed by atoms with Gasteiger partial charge in [0.2, 0.25) is 14.8 Å². The summed E-state index contributed by atoms with van der Waals surface area (Å²) in [5.41, 5.74) is 1.42. The van der Waals surface area contributed by atoms with E-state index in [2.05, 4.69) is 15.6 Å². The van der Waals surface area contributed by atoms with Gasteiger partial charge in [0.25, 0.3) is 0 Å². The highest BCUT2D eigenvalue weighted by Gasteiger charge is 2.32. The van der Waals surface area contributed by atoms with Crippen molar-refractivity contribution in [3.8, 4) is 11.8 Å². The van der Waals surface area contributed by atoms with Gasteiger partial charge in [-0.05, 0) is 47.9 Å². The Balaban J connectivity index is 1.69. The molecule has 1 aliphatic heterocycles. The van der Waals surface area contributed by atoms with E-state index in [1.807, 2.05) is 6.07 Å². The second kappa shape index (κ2) is 12.4. The standard InChI is InChI=1S/C25H24ClFN4O6S2/c26-19-7-15(1-3-20(19)27)30-25-14(10-28)11-29-21-9-23(37-13-16(33)12-32)22(8-18(21)25)31-24(34)4-2-17-5-6-38-39(17,35)36/h1,3,7-9,11,16-17,32-33H,2,4-6,12-13H2,(H,29,30)(H,31,34). The Morgan fingerprint density at radius 3 is 2.82 bits per heavy atom. The number of anilines is 3. The van der Waals surface area contributed by atoms with Gasteiger partial charge in [0.15, 0.2) is 0 Å². The lowest BCUT2D eigenvalue weighted by molar-refractivity contribution is -0.116. The van der Waals surface area contributed by atoms with Crippen LogP contribution < -0.4 is 15.4 Å². The maximum absolute atomic E-state index is 13.7. The van der Waals surface area contributed by atoms with Crippen LogP contribution >= 0.6 is 22.4 Å². The second-order valence-electron chi connectivity index (χ2n) is 8.74. The van der Waals surface area contributed by atoms with Crippen LogP contribution in [0.3, 0.4) is 0 Å². The number of nitrogens with zero attached hydrogens (tertiary/aromatic N) is 2. The van der Waals surface area contributed by atoms with E-state index in [1.54, 1.807) is 0 Å². The molecule has 2 unspecified atom stereocenters. The van der Waals surface area contributed by atoms with Crippen molar-refractivity contribution in [2.45, 2.75) is 30.6 Å². The SMILES string of the molecule is N#Cc1cnc2cc(OCC(O)CO)c(NC(=O)CCC3CCSS3(=O)=O)cc2c1Nc1ccc(F)c(Cl)c1. The lowest BCUT2D eigenvalue weighted by Crippen LogP contribution is -2.22. The fourth-order valence-corrected chi connectivity index (χ4v) is 8.03. The van der Waals surface area contributed by atoms with Gasteiger partial charge in [0.1, 0.15) is 30.3 Å². The molecule has 1 aliphatic rings. The molecule has 0 aliphatic carbocycles. The van der Waals surface area contributed by atoms with Gasteiger partial charge >= 0.3 is 0 Å². The van der Waals surface area contributed by atoms with E-state index < -0.39 is 38.6 Å². The van der Waals surface area contributed by atoms with Crippen LogP contribution in [0.25, 0.3) is 10.9 Å². The van der Waals surface area contributed by atoms with E-state index in [0.29, 0.717) is 34.5 Å². The third-order valence-corrected chi connectivity index (χ3v) is 10.6. The molecule has 0 bridgehead atoms. The average Bonchev–Trinajstić information content (AvgIpc) is 3.25. The highest BCUT2D eigenvalue weighted by molar-refractivity contribution is 8.72. The average molecular weight is 595 g/mol. The molecule has 10 nitrogen and oxygen atoms in total. The number of carbonyl (C=O) groups is 1. The second-order valence-corrected chi connectivity index (χ2v) is 13.5. The monoisotopic (exact) mass is 594 g/mol. The highest BCUT2D eigenvalue weighted by atomic mass is 35.5. The van der Waals surface area contributed by atoms with Crippen molar-refractivity contribution in [2.24, 2.45) is 0 Å². The minimum absolute atomic E-state index is 0.0587. The molecule has 0 radical (unpaired) electrons. The normalized spacial score (nSPS) is 16.9. The fraction of sp³-hybridized carbons (Fsp3) is 0.320. The number of rotatable bonds is 10. The molecular weight excluding hydrogens is 571 g/mol. The largest absolute Gasteiger partial charge is 0.489 e. The van der Waals surface area contributed by atoms with Gasteiger partial charge in [-0.25, -0.2) is 12.8 Å². The predicted octanol–water partition coefficient (Wildman–Crippen LogP) is 3.93. The van der Waals surface area contributed by atoms with Crippen molar-refractivity contribution in [3.05, 3.63) is 52.9 Å². The molecule has 4 N–H and O–H groups in total. The van der Waals surface area contributed by atoms with Gasteiger partial charge < -0.3 is 25.6 Å². The van der Waals surface area contributed by atoms with Crippen LogP contribution in [-0.2, 0) is 13.7 Å². The zero-order chi connectivity index (χ0) is 28.2. The van der Waals surface area contributed by atoms with Gasteiger partial charge in [0, 0.05) is 35.5 Å². The number of carbonyl (C=O) groups excluding carboxylic acids is 1. The number of halogens is 2. The number of aromatic nitrogens is 1.